The van der Waals surface area contributed by atoms with E-state index in [-0.39, 0.29) is 71.7 Å². The maximum absolute atomic E-state index is 15.2. The molecule has 1 aliphatic carbocycles. The van der Waals surface area contributed by atoms with Crippen molar-refractivity contribution in [2.75, 3.05) is 14.2 Å². The first kappa shape index (κ1) is 66.6. The van der Waals surface area contributed by atoms with Crippen LogP contribution in [0.5, 0.6) is 17.2 Å². The third-order valence-corrected chi connectivity index (χ3v) is 17.1. The van der Waals surface area contributed by atoms with E-state index >= 15 is 4.79 Å². The van der Waals surface area contributed by atoms with Gasteiger partial charge in [-0.15, -0.1) is 0 Å². The highest BCUT2D eigenvalue weighted by Crippen LogP contribution is 2.48. The first-order valence-electron chi connectivity index (χ1n) is 29.1. The van der Waals surface area contributed by atoms with Gasteiger partial charge in [0.25, 0.3) is 0 Å². The van der Waals surface area contributed by atoms with Crippen molar-refractivity contribution in [3.63, 3.8) is 0 Å². The highest BCUT2D eigenvalue weighted by Gasteiger charge is 2.53. The zero-order chi connectivity index (χ0) is 62.4. The second-order valence-corrected chi connectivity index (χ2v) is 24.1. The molecule has 85 heavy (non-hydrogen) atoms. The second-order valence-electron chi connectivity index (χ2n) is 24.1. The Morgan fingerprint density at radius 1 is 0.694 bits per heavy atom. The van der Waals surface area contributed by atoms with E-state index in [1.807, 2.05) is 0 Å². The number of ketones is 2. The summed E-state index contributed by atoms with van der Waals surface area (Å²) in [6.45, 7) is 17.0. The number of aromatic hydroxyl groups is 2. The Morgan fingerprint density at radius 3 is 1.81 bits per heavy atom. The van der Waals surface area contributed by atoms with E-state index in [1.54, 1.807) is 41.5 Å². The minimum absolute atomic E-state index is 0.0535. The molecular weight excluding hydrogens is 1120 g/mol. The number of methoxy groups -OCH3 is 2. The van der Waals surface area contributed by atoms with Crippen LogP contribution in [0.3, 0.4) is 0 Å². The number of aliphatic hydroxyl groups excluding tert-OH is 5. The fourth-order valence-electron chi connectivity index (χ4n) is 12.5. The van der Waals surface area contributed by atoms with Crippen molar-refractivity contribution in [3.05, 3.63) is 28.8 Å². The lowest BCUT2D eigenvalue weighted by atomic mass is 9.75. The predicted molar refractivity (Wildman–Crippen MR) is 292 cm³/mol. The number of fused-ring (bicyclic) bond motifs is 2. The summed E-state index contributed by atoms with van der Waals surface area (Å²) in [4.78, 5) is 54.1. The number of rotatable bonds is 19. The van der Waals surface area contributed by atoms with E-state index in [1.165, 1.54) is 61.0 Å². The van der Waals surface area contributed by atoms with Gasteiger partial charge in [-0.2, -0.15) is 0 Å². The molecule has 0 amide bonds. The molecule has 25 atom stereocenters. The van der Waals surface area contributed by atoms with Crippen LogP contribution < -0.4 is 4.74 Å². The summed E-state index contributed by atoms with van der Waals surface area (Å²) < 4.78 is 84.6. The molecule has 5 saturated heterocycles. The highest BCUT2D eigenvalue weighted by molar-refractivity contribution is 6.11. The van der Waals surface area contributed by atoms with Crippen LogP contribution in [0, 0.1) is 18.8 Å². The number of aliphatic hydroxyl groups is 6. The summed E-state index contributed by atoms with van der Waals surface area (Å²) in [5.41, 5.74) is -1.53. The van der Waals surface area contributed by atoms with Gasteiger partial charge in [-0.1, -0.05) is 13.8 Å². The van der Waals surface area contributed by atoms with Gasteiger partial charge in [0.05, 0.1) is 71.8 Å². The molecule has 26 heteroatoms. The van der Waals surface area contributed by atoms with Gasteiger partial charge < -0.3 is 107 Å². The first-order valence-corrected chi connectivity index (χ1v) is 29.1. The number of ether oxygens (including phenoxy) is 14. The van der Waals surface area contributed by atoms with Crippen molar-refractivity contribution < 1.29 is 126 Å². The van der Waals surface area contributed by atoms with Gasteiger partial charge in [0.2, 0.25) is 6.29 Å². The van der Waals surface area contributed by atoms with Crippen molar-refractivity contribution in [1.29, 1.82) is 0 Å². The van der Waals surface area contributed by atoms with Gasteiger partial charge in [0.15, 0.2) is 42.8 Å². The quantitative estimate of drug-likeness (QED) is 0.0935. The first-order chi connectivity index (χ1) is 39.9. The SMILES string of the molecule is CO[C@@H]1[C@H](O)C[C@@H](O[C@H]2[C@@H](C)O[C@@H](Oc3cc4cc5c(c(O)c4c(O)c3C)C(=O)[C@@H](O[C@H]3C[C@@H](O[C@H]4C[C@@H](O[C@H]6C[C@](C)(O)[C@@H](OC(=O)C(C)C)[C@H](C)O6)[C@H](O)[C@@H](C)O4)[C@H](O)[C@@H](C)O3)[C@H]([C@H](OC)C(=O)[C@@H](O)[C@@H](C)O)C5)C[C@H]2OC(C)=O)O[C@@H]1C. The lowest BCUT2D eigenvalue weighted by Gasteiger charge is -2.47. The molecule has 0 spiro atoms. The predicted octanol–water partition coefficient (Wildman–Crippen LogP) is 2.18. The Balaban J connectivity index is 1.02. The minimum atomic E-state index is -1.96. The summed E-state index contributed by atoms with van der Waals surface area (Å²) in [7, 11) is 2.65. The number of Topliss-reactive ketones (excluding diaryl/α,β-unsaturated/α-hetero) is 2. The van der Waals surface area contributed by atoms with Crippen molar-refractivity contribution in [2.24, 2.45) is 11.8 Å². The number of carbonyl (C=O) groups excluding carboxylic acids is 4. The van der Waals surface area contributed by atoms with Crippen molar-refractivity contribution in [3.8, 4) is 17.2 Å². The van der Waals surface area contributed by atoms with Crippen molar-refractivity contribution in [2.45, 2.75) is 262 Å². The van der Waals surface area contributed by atoms with Crippen molar-refractivity contribution in [1.82, 2.24) is 0 Å². The molecule has 8 N–H and O–H groups in total. The number of carbonyl (C=O) groups is 4. The monoisotopic (exact) mass is 1210 g/mol. The summed E-state index contributed by atoms with van der Waals surface area (Å²) in [5.74, 6) is -5.70. The third kappa shape index (κ3) is 14.4. The van der Waals surface area contributed by atoms with Gasteiger partial charge in [-0.05, 0) is 84.9 Å². The van der Waals surface area contributed by atoms with Crippen LogP contribution >= 0.6 is 0 Å². The standard InChI is InChI=1S/C59H86O26/c1-22(2)58(70)85-57-29(9)78-43(21-59(57,11)71)82-37-18-40(74-25(5)49(37)66)81-36-19-42(75-26(6)48(36)65)84-56-33(55(73-13)52(69)47(64)24(4)60)15-31-14-32-16-35(23(3)46(63)44(32)50(67)45(31)51(56)68)80-41-20-38(79-30(10)61)54(28(8)77-41)83-39-17-34(62)53(72-12)27(7)76-39/h14,16,22,24-29,33-34,36-43,47-49,53-57,60,62-67,71H,15,17-21H2,1-13H3/t24-,25-,26-,27-,28-,29+,33+,34-,36-,37-,38-,39-,40+,41+,42+,43+,47+,48-,49-,53+,54+,55+,56+,57+,59+/m1/s1. The Kier molecular flexibility index (Phi) is 21.3. The summed E-state index contributed by atoms with van der Waals surface area (Å²) >= 11 is 0. The van der Waals surface area contributed by atoms with Crippen LogP contribution in [0.1, 0.15) is 123 Å². The van der Waals surface area contributed by atoms with E-state index < -0.39 is 194 Å². The maximum atomic E-state index is 15.2. The average molecular weight is 1210 g/mol. The molecule has 0 radical (unpaired) electrons. The third-order valence-electron chi connectivity index (χ3n) is 17.1. The fourth-order valence-corrected chi connectivity index (χ4v) is 12.5. The molecule has 5 fully saturated rings. The van der Waals surface area contributed by atoms with Gasteiger partial charge in [-0.3, -0.25) is 19.2 Å². The number of hydrogen-bond donors (Lipinski definition) is 8. The summed E-state index contributed by atoms with van der Waals surface area (Å²) in [6.07, 6.45) is -25.8. The van der Waals surface area contributed by atoms with E-state index in [2.05, 4.69) is 0 Å². The molecule has 478 valence electrons. The van der Waals surface area contributed by atoms with E-state index in [9.17, 15) is 55.2 Å². The van der Waals surface area contributed by atoms with Gasteiger partial charge in [0.1, 0.15) is 71.7 Å². The molecule has 0 saturated carbocycles. The summed E-state index contributed by atoms with van der Waals surface area (Å²) in [6, 6.07) is 3.03. The Hall–Kier alpha value is -4.30. The molecule has 0 aromatic heterocycles. The average Bonchev–Trinajstić information content (AvgIpc) is 1.21. The van der Waals surface area contributed by atoms with Crippen LogP contribution in [-0.2, 0) is 82.4 Å². The van der Waals surface area contributed by atoms with Crippen LogP contribution in [0.2, 0.25) is 0 Å². The molecule has 5 aliphatic heterocycles. The summed E-state index contributed by atoms with van der Waals surface area (Å²) in [5, 5.41) is 90.3. The number of phenolic OH excluding ortho intramolecular Hbond substituents is 2. The largest absolute Gasteiger partial charge is 0.507 e. The molecule has 6 aliphatic rings. The maximum Gasteiger partial charge on any atom is 0.308 e. The second kappa shape index (κ2) is 27.2. The fraction of sp³-hybridized carbons (Fsp3) is 0.763. The van der Waals surface area contributed by atoms with Crippen LogP contribution in [-0.4, -0.2) is 225 Å². The molecule has 5 heterocycles. The number of esters is 2. The van der Waals surface area contributed by atoms with Crippen LogP contribution in [0.25, 0.3) is 10.8 Å². The van der Waals surface area contributed by atoms with E-state index in [4.69, 9.17) is 66.3 Å². The number of hydrogen-bond acceptors (Lipinski definition) is 26. The molecule has 26 nitrogen and oxygen atoms in total. The zero-order valence-electron chi connectivity index (χ0n) is 50.3. The number of benzene rings is 2. The Bertz CT molecular complexity index is 2670. The van der Waals surface area contributed by atoms with Gasteiger partial charge in [-0.25, -0.2) is 0 Å². The lowest BCUT2D eigenvalue weighted by molar-refractivity contribution is -0.334. The molecule has 8 rings (SSSR count). The molecule has 2 aromatic carbocycles. The van der Waals surface area contributed by atoms with Crippen molar-refractivity contribution >= 4 is 34.3 Å². The van der Waals surface area contributed by atoms with Crippen LogP contribution in [0.4, 0.5) is 0 Å². The lowest BCUT2D eigenvalue weighted by Crippen LogP contribution is -2.59. The number of phenols is 2. The Labute approximate surface area is 493 Å². The molecule has 2 aromatic rings. The smallest absolute Gasteiger partial charge is 0.308 e. The van der Waals surface area contributed by atoms with Gasteiger partial charge in [0, 0.05) is 64.7 Å². The minimum Gasteiger partial charge on any atom is -0.507 e. The van der Waals surface area contributed by atoms with Gasteiger partial charge >= 0.3 is 11.9 Å². The zero-order valence-corrected chi connectivity index (χ0v) is 50.3. The topological polar surface area (TPSA) is 359 Å². The molecule has 0 bridgehead atoms. The van der Waals surface area contributed by atoms with E-state index in [0.29, 0.717) is 0 Å². The van der Waals surface area contributed by atoms with Crippen LogP contribution in [0.15, 0.2) is 12.1 Å². The Morgan fingerprint density at radius 2 is 1.25 bits per heavy atom. The highest BCUT2D eigenvalue weighted by atomic mass is 16.7. The van der Waals surface area contributed by atoms with E-state index in [0.717, 1.165) is 0 Å². The molecule has 0 unspecified atom stereocenters. The normalized spacial score (nSPS) is 39.2. The molecular formula is C59H86O26.